The van der Waals surface area contributed by atoms with E-state index in [1.165, 1.54) is 5.56 Å². The van der Waals surface area contributed by atoms with Crippen LogP contribution in [0.15, 0.2) is 39.9 Å². The van der Waals surface area contributed by atoms with Gasteiger partial charge in [0.1, 0.15) is 5.82 Å². The molecule has 0 aliphatic carbocycles. The molecule has 0 saturated carbocycles. The maximum Gasteiger partial charge on any atom is 0.137 e. The Morgan fingerprint density at radius 1 is 1.37 bits per heavy atom. The fourth-order valence-corrected chi connectivity index (χ4v) is 4.37. The van der Waals surface area contributed by atoms with Gasteiger partial charge in [0.2, 0.25) is 0 Å². The molecular formula is C15H16FNS2. The van der Waals surface area contributed by atoms with E-state index in [0.29, 0.717) is 6.04 Å². The molecule has 4 heteroatoms. The predicted octanol–water partition coefficient (Wildman–Crippen LogP) is 4.77. The van der Waals surface area contributed by atoms with Crippen LogP contribution in [0.25, 0.3) is 0 Å². The van der Waals surface area contributed by atoms with Gasteiger partial charge in [0.25, 0.3) is 0 Å². The summed E-state index contributed by atoms with van der Waals surface area (Å²) < 4.78 is 13.8. The molecule has 0 bridgehead atoms. The normalized spacial score (nSPS) is 20.0. The van der Waals surface area contributed by atoms with Crippen molar-refractivity contribution in [3.63, 3.8) is 0 Å². The zero-order chi connectivity index (χ0) is 13.2. The van der Waals surface area contributed by atoms with E-state index in [1.54, 1.807) is 29.2 Å². The number of thiophene rings is 1. The molecule has 3 rings (SSSR count). The predicted molar refractivity (Wildman–Crippen MR) is 80.4 cm³/mol. The van der Waals surface area contributed by atoms with E-state index in [0.717, 1.165) is 22.6 Å². The van der Waals surface area contributed by atoms with Crippen LogP contribution >= 0.6 is 23.1 Å². The molecule has 1 aromatic carbocycles. The molecule has 100 valence electrons. The number of hydrogen-bond donors (Lipinski definition) is 1. The third-order valence-corrected chi connectivity index (χ3v) is 5.38. The van der Waals surface area contributed by atoms with Crippen LogP contribution in [0.3, 0.4) is 0 Å². The third kappa shape index (κ3) is 2.71. The summed E-state index contributed by atoms with van der Waals surface area (Å²) in [4.78, 5) is 0.823. The first-order valence-corrected chi connectivity index (χ1v) is 8.38. The van der Waals surface area contributed by atoms with E-state index in [4.69, 9.17) is 0 Å². The molecule has 0 radical (unpaired) electrons. The van der Waals surface area contributed by atoms with Gasteiger partial charge in [-0.1, -0.05) is 12.1 Å². The monoisotopic (exact) mass is 293 g/mol. The van der Waals surface area contributed by atoms with Crippen LogP contribution in [0, 0.1) is 5.82 Å². The summed E-state index contributed by atoms with van der Waals surface area (Å²) in [7, 11) is 0. The molecule has 2 atom stereocenters. The molecule has 1 nitrogen and oxygen atoms in total. The number of rotatable bonds is 3. The van der Waals surface area contributed by atoms with Gasteiger partial charge in [-0.2, -0.15) is 11.3 Å². The number of nitrogens with one attached hydrogen (secondary N) is 1. The Kier molecular flexibility index (Phi) is 3.91. The van der Waals surface area contributed by atoms with Crippen LogP contribution in [-0.4, -0.2) is 5.75 Å². The molecule has 2 unspecified atom stereocenters. The highest BCUT2D eigenvalue weighted by molar-refractivity contribution is 7.99. The van der Waals surface area contributed by atoms with Gasteiger partial charge in [-0.3, -0.25) is 0 Å². The highest BCUT2D eigenvalue weighted by Gasteiger charge is 2.24. The summed E-state index contributed by atoms with van der Waals surface area (Å²) in [5.74, 6) is 0.888. The molecule has 2 aromatic rings. The number of thioether (sulfide) groups is 1. The second kappa shape index (κ2) is 5.65. The van der Waals surface area contributed by atoms with E-state index in [1.807, 2.05) is 12.1 Å². The van der Waals surface area contributed by atoms with Gasteiger partial charge in [0.05, 0.1) is 0 Å². The second-order valence-corrected chi connectivity index (χ2v) is 6.68. The largest absolute Gasteiger partial charge is 0.303 e. The standard InChI is InChI=1S/C15H16FNS2/c1-10(11-5-7-18-9-11)17-14-6-8-19-15-12(14)3-2-4-13(15)16/h2-5,7,9-10,14,17H,6,8H2,1H3. The first kappa shape index (κ1) is 13.2. The third-order valence-electron chi connectivity index (χ3n) is 3.52. The molecule has 0 fully saturated rings. The van der Waals surface area contributed by atoms with Crippen molar-refractivity contribution in [2.75, 3.05) is 5.75 Å². The molecule has 2 heterocycles. The van der Waals surface area contributed by atoms with Crippen LogP contribution < -0.4 is 5.32 Å². The molecule has 0 saturated heterocycles. The van der Waals surface area contributed by atoms with Crippen LogP contribution in [0.5, 0.6) is 0 Å². The first-order valence-electron chi connectivity index (χ1n) is 6.45. The SMILES string of the molecule is CC(NC1CCSc2c(F)cccc21)c1ccsc1. The van der Waals surface area contributed by atoms with E-state index < -0.39 is 0 Å². The molecule has 19 heavy (non-hydrogen) atoms. The lowest BCUT2D eigenvalue weighted by molar-refractivity contribution is 0.444. The minimum atomic E-state index is -0.0859. The smallest absolute Gasteiger partial charge is 0.137 e. The molecule has 1 aliphatic heterocycles. The van der Waals surface area contributed by atoms with Crippen molar-refractivity contribution in [1.29, 1.82) is 0 Å². The lowest BCUT2D eigenvalue weighted by Crippen LogP contribution is -2.27. The van der Waals surface area contributed by atoms with Gasteiger partial charge < -0.3 is 5.32 Å². The van der Waals surface area contributed by atoms with E-state index in [9.17, 15) is 4.39 Å². The Hall–Kier alpha value is -0.840. The van der Waals surface area contributed by atoms with Crippen molar-refractivity contribution in [3.8, 4) is 0 Å². The minimum absolute atomic E-state index is 0.0859. The topological polar surface area (TPSA) is 12.0 Å². The summed E-state index contributed by atoms with van der Waals surface area (Å²) >= 11 is 3.34. The zero-order valence-electron chi connectivity index (χ0n) is 10.7. The van der Waals surface area contributed by atoms with Crippen molar-refractivity contribution in [2.24, 2.45) is 0 Å². The van der Waals surface area contributed by atoms with Crippen LogP contribution in [0.2, 0.25) is 0 Å². The van der Waals surface area contributed by atoms with Crippen molar-refractivity contribution in [3.05, 3.63) is 52.0 Å². The number of hydrogen-bond acceptors (Lipinski definition) is 3. The Morgan fingerprint density at radius 3 is 3.05 bits per heavy atom. The van der Waals surface area contributed by atoms with E-state index in [2.05, 4.69) is 29.1 Å². The number of benzene rings is 1. The van der Waals surface area contributed by atoms with Crippen LogP contribution in [-0.2, 0) is 0 Å². The van der Waals surface area contributed by atoms with E-state index >= 15 is 0 Å². The Bertz CT molecular complexity index is 553. The fourth-order valence-electron chi connectivity index (χ4n) is 2.48. The van der Waals surface area contributed by atoms with Gasteiger partial charge in [-0.25, -0.2) is 4.39 Å². The van der Waals surface area contributed by atoms with Crippen molar-refractivity contribution < 1.29 is 4.39 Å². The van der Waals surface area contributed by atoms with Gasteiger partial charge >= 0.3 is 0 Å². The molecule has 1 N–H and O–H groups in total. The molecule has 0 spiro atoms. The molecule has 0 amide bonds. The minimum Gasteiger partial charge on any atom is -0.303 e. The zero-order valence-corrected chi connectivity index (χ0v) is 12.4. The summed E-state index contributed by atoms with van der Waals surface area (Å²) in [6.07, 6.45) is 1.05. The Balaban J connectivity index is 1.82. The van der Waals surface area contributed by atoms with Gasteiger partial charge in [-0.15, -0.1) is 11.8 Å². The molecule has 1 aromatic heterocycles. The first-order chi connectivity index (χ1) is 9.25. The van der Waals surface area contributed by atoms with Crippen molar-refractivity contribution >= 4 is 23.1 Å². The second-order valence-electron chi connectivity index (χ2n) is 4.79. The highest BCUT2D eigenvalue weighted by atomic mass is 32.2. The van der Waals surface area contributed by atoms with Crippen LogP contribution in [0.4, 0.5) is 4.39 Å². The van der Waals surface area contributed by atoms with E-state index in [-0.39, 0.29) is 11.9 Å². The lowest BCUT2D eigenvalue weighted by Gasteiger charge is -2.29. The maximum absolute atomic E-state index is 13.8. The Morgan fingerprint density at radius 2 is 2.26 bits per heavy atom. The number of halogens is 1. The molecular weight excluding hydrogens is 277 g/mol. The summed E-state index contributed by atoms with van der Waals surface area (Å²) in [6.45, 7) is 2.17. The summed E-state index contributed by atoms with van der Waals surface area (Å²) in [6, 6.07) is 8.10. The quantitative estimate of drug-likeness (QED) is 0.874. The average Bonchev–Trinajstić information content (AvgIpc) is 2.94. The van der Waals surface area contributed by atoms with Gasteiger partial charge in [0.15, 0.2) is 0 Å². The summed E-state index contributed by atoms with van der Waals surface area (Å²) in [5, 5.41) is 7.89. The fraction of sp³-hybridized carbons (Fsp3) is 0.333. The maximum atomic E-state index is 13.8. The van der Waals surface area contributed by atoms with Crippen LogP contribution in [0.1, 0.15) is 36.6 Å². The lowest BCUT2D eigenvalue weighted by atomic mass is 10.0. The Labute approximate surface area is 121 Å². The summed E-state index contributed by atoms with van der Waals surface area (Å²) in [5.41, 5.74) is 2.42. The highest BCUT2D eigenvalue weighted by Crippen LogP contribution is 2.38. The van der Waals surface area contributed by atoms with Crippen molar-refractivity contribution in [1.82, 2.24) is 5.32 Å². The number of fused-ring (bicyclic) bond motifs is 1. The van der Waals surface area contributed by atoms with Gasteiger partial charge in [-0.05, 0) is 53.1 Å². The van der Waals surface area contributed by atoms with Gasteiger partial charge in [0, 0.05) is 17.0 Å². The van der Waals surface area contributed by atoms with Crippen molar-refractivity contribution in [2.45, 2.75) is 30.3 Å². The molecule has 1 aliphatic rings. The average molecular weight is 293 g/mol.